The van der Waals surface area contributed by atoms with Crippen LogP contribution in [0.5, 0.6) is 5.75 Å². The number of ether oxygens (including phenoxy) is 2. The van der Waals surface area contributed by atoms with Crippen LogP contribution in [0.15, 0.2) is 48.5 Å². The SMILES string of the molecule is CCCCCOc1ccc(C2c3c(-c4ccc(Cl)cc4)n[nH]c3C(=O)N2CCCN2CCOCC2)cc1. The second-order valence-electron chi connectivity index (χ2n) is 9.70. The zero-order valence-corrected chi connectivity index (χ0v) is 22.2. The number of unbranched alkanes of at least 4 members (excludes halogenated alkanes) is 2. The van der Waals surface area contributed by atoms with E-state index in [0.717, 1.165) is 80.4 Å². The molecule has 1 atom stereocenters. The van der Waals surface area contributed by atoms with E-state index in [4.69, 9.17) is 21.1 Å². The predicted octanol–water partition coefficient (Wildman–Crippen LogP) is 5.57. The van der Waals surface area contributed by atoms with Gasteiger partial charge in [-0.2, -0.15) is 5.10 Å². The second kappa shape index (κ2) is 12.1. The highest BCUT2D eigenvalue weighted by Gasteiger charge is 2.41. The summed E-state index contributed by atoms with van der Waals surface area (Å²) in [6.45, 7) is 7.96. The number of hydrogen-bond donors (Lipinski definition) is 1. The number of nitrogens with zero attached hydrogens (tertiary/aromatic N) is 3. The molecule has 1 unspecified atom stereocenters. The molecule has 1 fully saturated rings. The minimum Gasteiger partial charge on any atom is -0.494 e. The van der Waals surface area contributed by atoms with Crippen LogP contribution in [0.3, 0.4) is 0 Å². The molecule has 37 heavy (non-hydrogen) atoms. The number of amides is 1. The molecular weight excluding hydrogens is 488 g/mol. The van der Waals surface area contributed by atoms with E-state index >= 15 is 0 Å². The van der Waals surface area contributed by atoms with Crippen molar-refractivity contribution in [3.63, 3.8) is 0 Å². The van der Waals surface area contributed by atoms with Crippen molar-refractivity contribution in [3.8, 4) is 17.0 Å². The highest BCUT2D eigenvalue weighted by atomic mass is 35.5. The van der Waals surface area contributed by atoms with Gasteiger partial charge in [-0.25, -0.2) is 0 Å². The number of halogens is 1. The Hall–Kier alpha value is -2.87. The predicted molar refractivity (Wildman–Crippen MR) is 145 cm³/mol. The monoisotopic (exact) mass is 522 g/mol. The first-order valence-electron chi connectivity index (χ1n) is 13.3. The van der Waals surface area contributed by atoms with Crippen LogP contribution in [0.4, 0.5) is 0 Å². The van der Waals surface area contributed by atoms with Gasteiger partial charge in [0.1, 0.15) is 11.4 Å². The van der Waals surface area contributed by atoms with Gasteiger partial charge in [-0.3, -0.25) is 14.8 Å². The summed E-state index contributed by atoms with van der Waals surface area (Å²) >= 11 is 6.14. The lowest BCUT2D eigenvalue weighted by atomic mass is 9.96. The standard InChI is InChI=1S/C29H35ClN4O3/c1-2-3-4-18-37-24-12-8-22(9-13-24)28-25-26(21-6-10-23(30)11-7-21)31-32-27(25)29(35)34(28)15-5-14-33-16-19-36-20-17-33/h6-13,28H,2-5,14-20H2,1H3,(H,31,32). The molecule has 2 aromatic carbocycles. The van der Waals surface area contributed by atoms with Crippen LogP contribution in [0.2, 0.25) is 5.02 Å². The number of aromatic nitrogens is 2. The Bertz CT molecular complexity index is 1170. The van der Waals surface area contributed by atoms with E-state index in [9.17, 15) is 4.79 Å². The molecule has 2 aliphatic heterocycles. The van der Waals surface area contributed by atoms with Crippen LogP contribution >= 0.6 is 11.6 Å². The first kappa shape index (κ1) is 25.8. The van der Waals surface area contributed by atoms with Crippen LogP contribution in [0.1, 0.15) is 60.3 Å². The van der Waals surface area contributed by atoms with Gasteiger partial charge in [0, 0.05) is 42.3 Å². The van der Waals surface area contributed by atoms with Gasteiger partial charge >= 0.3 is 0 Å². The summed E-state index contributed by atoms with van der Waals surface area (Å²) in [5.41, 5.74) is 4.28. The molecular formula is C29H35ClN4O3. The van der Waals surface area contributed by atoms with E-state index in [2.05, 4.69) is 34.2 Å². The number of hydrogen-bond acceptors (Lipinski definition) is 5. The zero-order valence-electron chi connectivity index (χ0n) is 21.4. The van der Waals surface area contributed by atoms with E-state index in [0.29, 0.717) is 17.3 Å². The molecule has 0 spiro atoms. The molecule has 3 aromatic rings. The molecule has 196 valence electrons. The summed E-state index contributed by atoms with van der Waals surface area (Å²) in [5, 5.41) is 8.28. The van der Waals surface area contributed by atoms with E-state index in [1.807, 2.05) is 41.3 Å². The van der Waals surface area contributed by atoms with Gasteiger partial charge in [0.2, 0.25) is 0 Å². The number of H-pyrrole nitrogens is 1. The third-order valence-corrected chi connectivity index (χ3v) is 7.42. The molecule has 8 heteroatoms. The fraction of sp³-hybridized carbons (Fsp3) is 0.448. The first-order chi connectivity index (χ1) is 18.2. The molecule has 0 radical (unpaired) electrons. The molecule has 0 saturated carbocycles. The van der Waals surface area contributed by atoms with Crippen molar-refractivity contribution in [3.05, 3.63) is 70.4 Å². The van der Waals surface area contributed by atoms with E-state index in [-0.39, 0.29) is 11.9 Å². The Labute approximate surface area is 223 Å². The van der Waals surface area contributed by atoms with Gasteiger partial charge in [-0.15, -0.1) is 0 Å². The summed E-state index contributed by atoms with van der Waals surface area (Å²) in [7, 11) is 0. The van der Waals surface area contributed by atoms with Crippen molar-refractivity contribution >= 4 is 17.5 Å². The zero-order chi connectivity index (χ0) is 25.6. The lowest BCUT2D eigenvalue weighted by Crippen LogP contribution is -2.38. The fourth-order valence-electron chi connectivity index (χ4n) is 5.18. The maximum absolute atomic E-state index is 13.6. The highest BCUT2D eigenvalue weighted by Crippen LogP contribution is 2.43. The molecule has 7 nitrogen and oxygen atoms in total. The van der Waals surface area contributed by atoms with Gasteiger partial charge in [0.05, 0.1) is 31.6 Å². The van der Waals surface area contributed by atoms with E-state index in [1.54, 1.807) is 0 Å². The number of aromatic amines is 1. The Morgan fingerprint density at radius 2 is 1.78 bits per heavy atom. The van der Waals surface area contributed by atoms with Crippen molar-refractivity contribution in [2.75, 3.05) is 46.0 Å². The van der Waals surface area contributed by atoms with Gasteiger partial charge in [-0.1, -0.05) is 55.6 Å². The first-order valence-corrected chi connectivity index (χ1v) is 13.7. The van der Waals surface area contributed by atoms with Gasteiger partial charge in [0.25, 0.3) is 5.91 Å². The third kappa shape index (κ3) is 5.84. The van der Waals surface area contributed by atoms with Gasteiger partial charge < -0.3 is 14.4 Å². The molecule has 0 bridgehead atoms. The summed E-state index contributed by atoms with van der Waals surface area (Å²) < 4.78 is 11.4. The topological polar surface area (TPSA) is 70.7 Å². The molecule has 5 rings (SSSR count). The maximum atomic E-state index is 13.6. The quantitative estimate of drug-likeness (QED) is 0.333. The lowest BCUT2D eigenvalue weighted by Gasteiger charge is -2.29. The number of carbonyl (C=O) groups excluding carboxylic acids is 1. The minimum atomic E-state index is -0.217. The lowest BCUT2D eigenvalue weighted by molar-refractivity contribution is 0.0354. The summed E-state index contributed by atoms with van der Waals surface area (Å²) in [5.74, 6) is 0.850. The molecule has 1 N–H and O–H groups in total. The summed E-state index contributed by atoms with van der Waals surface area (Å²) in [6, 6.07) is 15.6. The molecule has 3 heterocycles. The average molecular weight is 523 g/mol. The number of fused-ring (bicyclic) bond motifs is 1. The Kier molecular flexibility index (Phi) is 8.44. The second-order valence-corrected chi connectivity index (χ2v) is 10.1. The van der Waals surface area contributed by atoms with Crippen LogP contribution in [-0.2, 0) is 4.74 Å². The molecule has 0 aliphatic carbocycles. The molecule has 1 aromatic heterocycles. The molecule has 2 aliphatic rings. The normalized spacial score (nSPS) is 17.8. The number of nitrogens with one attached hydrogen (secondary N) is 1. The highest BCUT2D eigenvalue weighted by molar-refractivity contribution is 6.30. The molecule has 1 saturated heterocycles. The Morgan fingerprint density at radius 1 is 1.03 bits per heavy atom. The van der Waals surface area contributed by atoms with Gasteiger partial charge in [0.15, 0.2) is 0 Å². The Morgan fingerprint density at radius 3 is 2.51 bits per heavy atom. The third-order valence-electron chi connectivity index (χ3n) is 7.17. The van der Waals surface area contributed by atoms with Crippen molar-refractivity contribution < 1.29 is 14.3 Å². The Balaban J connectivity index is 1.40. The fourth-order valence-corrected chi connectivity index (χ4v) is 5.31. The van der Waals surface area contributed by atoms with E-state index in [1.165, 1.54) is 12.8 Å². The van der Waals surface area contributed by atoms with Crippen LogP contribution < -0.4 is 4.74 Å². The van der Waals surface area contributed by atoms with Crippen molar-refractivity contribution in [2.45, 2.75) is 38.6 Å². The van der Waals surface area contributed by atoms with Gasteiger partial charge in [-0.05, 0) is 42.7 Å². The van der Waals surface area contributed by atoms with Crippen molar-refractivity contribution in [1.82, 2.24) is 20.0 Å². The van der Waals surface area contributed by atoms with Crippen LogP contribution in [0.25, 0.3) is 11.3 Å². The van der Waals surface area contributed by atoms with Crippen LogP contribution in [-0.4, -0.2) is 71.9 Å². The maximum Gasteiger partial charge on any atom is 0.273 e. The van der Waals surface area contributed by atoms with E-state index < -0.39 is 0 Å². The number of benzene rings is 2. The van der Waals surface area contributed by atoms with Crippen LogP contribution in [0, 0.1) is 0 Å². The number of carbonyl (C=O) groups is 1. The van der Waals surface area contributed by atoms with Crippen molar-refractivity contribution in [1.29, 1.82) is 0 Å². The summed E-state index contributed by atoms with van der Waals surface area (Å²) in [4.78, 5) is 18.0. The largest absolute Gasteiger partial charge is 0.494 e. The molecule has 1 amide bonds. The van der Waals surface area contributed by atoms with Crippen molar-refractivity contribution in [2.24, 2.45) is 0 Å². The number of morpholine rings is 1. The number of rotatable bonds is 11. The summed E-state index contributed by atoms with van der Waals surface area (Å²) in [6.07, 6.45) is 4.28. The minimum absolute atomic E-state index is 0.00502. The smallest absolute Gasteiger partial charge is 0.273 e. The average Bonchev–Trinajstić information content (AvgIpc) is 3.47.